The van der Waals surface area contributed by atoms with Gasteiger partial charge in [0.15, 0.2) is 5.65 Å². The van der Waals surface area contributed by atoms with Crippen LogP contribution in [0, 0.1) is 19.3 Å². The fourth-order valence-electron chi connectivity index (χ4n) is 4.14. The molecule has 1 amide bonds. The van der Waals surface area contributed by atoms with Gasteiger partial charge in [0.1, 0.15) is 11.6 Å². The Morgan fingerprint density at radius 1 is 1.30 bits per heavy atom. The van der Waals surface area contributed by atoms with Crippen LogP contribution in [0.5, 0.6) is 0 Å². The number of carboxylic acid groups (broad SMARTS) is 1. The van der Waals surface area contributed by atoms with Crippen molar-refractivity contribution < 1.29 is 14.6 Å². The molecular weight excluding hydrogens is 454 g/mol. The molecule has 3 aromatic rings. The number of halogens is 1. The van der Waals surface area contributed by atoms with Crippen LogP contribution in [0.25, 0.3) is 5.65 Å². The third kappa shape index (κ3) is 2.95. The van der Waals surface area contributed by atoms with E-state index in [1.54, 1.807) is 15.3 Å². The number of fused-ring (bicyclic) bond motifs is 1. The lowest BCUT2D eigenvalue weighted by atomic mass is 9.78. The Kier molecular flexibility index (Phi) is 4.30. The summed E-state index contributed by atoms with van der Waals surface area (Å²) in [6, 6.07) is 3.69. The van der Waals surface area contributed by atoms with Crippen molar-refractivity contribution in [1.82, 2.24) is 24.4 Å². The van der Waals surface area contributed by atoms with Crippen LogP contribution in [-0.4, -0.2) is 61.9 Å². The number of hydrogen-bond donors (Lipinski definition) is 1. The molecule has 1 spiro atoms. The number of nitrogens with zero attached hydrogens (tertiary/aromatic N) is 7. The quantitative estimate of drug-likeness (QED) is 0.617. The molecule has 10 nitrogen and oxygen atoms in total. The lowest BCUT2D eigenvalue weighted by molar-refractivity contribution is -0.127. The predicted octanol–water partition coefficient (Wildman–Crippen LogP) is 2.36. The Balaban J connectivity index is 1.59. The van der Waals surface area contributed by atoms with Crippen molar-refractivity contribution in [3.63, 3.8) is 0 Å². The first-order valence-electron chi connectivity index (χ1n) is 9.65. The minimum absolute atomic E-state index is 0.152. The Labute approximate surface area is 181 Å². The number of anilines is 2. The fraction of sp³-hybridized carbons (Fsp3) is 0.474. The molecule has 2 aliphatic rings. The molecule has 0 aromatic carbocycles. The molecule has 30 heavy (non-hydrogen) atoms. The van der Waals surface area contributed by atoms with E-state index in [2.05, 4.69) is 31.0 Å². The summed E-state index contributed by atoms with van der Waals surface area (Å²) in [6.07, 6.45) is -1.07. The molecule has 5 heterocycles. The van der Waals surface area contributed by atoms with E-state index in [0.29, 0.717) is 11.5 Å². The summed E-state index contributed by atoms with van der Waals surface area (Å²) in [7, 11) is 1.81. The van der Waals surface area contributed by atoms with E-state index in [0.717, 1.165) is 53.7 Å². The van der Waals surface area contributed by atoms with Crippen LogP contribution in [0.15, 0.2) is 16.6 Å². The lowest BCUT2D eigenvalue weighted by Gasteiger charge is -2.55. The van der Waals surface area contributed by atoms with Gasteiger partial charge in [0.25, 0.3) is 0 Å². The predicted molar refractivity (Wildman–Crippen MR) is 113 cm³/mol. The normalized spacial score (nSPS) is 17.3. The minimum atomic E-state index is -1.07. The van der Waals surface area contributed by atoms with Crippen LogP contribution in [0.1, 0.15) is 17.1 Å². The molecule has 0 radical (unpaired) electrons. The van der Waals surface area contributed by atoms with Gasteiger partial charge in [0.2, 0.25) is 0 Å². The molecule has 0 aliphatic carbocycles. The van der Waals surface area contributed by atoms with E-state index in [-0.39, 0.29) is 12.0 Å². The molecular formula is C19H22BrN7O3. The largest absolute Gasteiger partial charge is 0.465 e. The van der Waals surface area contributed by atoms with Crippen molar-refractivity contribution in [1.29, 1.82) is 0 Å². The van der Waals surface area contributed by atoms with Gasteiger partial charge in [0.05, 0.1) is 46.7 Å². The van der Waals surface area contributed by atoms with Gasteiger partial charge in [-0.1, -0.05) is 0 Å². The monoisotopic (exact) mass is 475 g/mol. The number of carbonyl (C=O) groups is 1. The molecule has 0 unspecified atom stereocenters. The van der Waals surface area contributed by atoms with Crippen LogP contribution in [0.3, 0.4) is 0 Å². The SMILES string of the molecule is Cc1cc(CN(C(=O)O)c2cc(N3CC4(COC4)C3)nc3c(Br)c(C)nn23)n(C)n1. The van der Waals surface area contributed by atoms with Crippen LogP contribution >= 0.6 is 15.9 Å². The number of amides is 1. The molecule has 11 heteroatoms. The maximum absolute atomic E-state index is 12.3. The second-order valence-electron chi connectivity index (χ2n) is 8.23. The van der Waals surface area contributed by atoms with E-state index in [9.17, 15) is 9.90 Å². The summed E-state index contributed by atoms with van der Waals surface area (Å²) in [5.41, 5.74) is 3.19. The zero-order valence-corrected chi connectivity index (χ0v) is 18.5. The molecule has 2 aliphatic heterocycles. The highest BCUT2D eigenvalue weighted by Crippen LogP contribution is 2.41. The fourth-order valence-corrected chi connectivity index (χ4v) is 4.48. The Bertz CT molecular complexity index is 1160. The smallest absolute Gasteiger partial charge is 0.413 e. The highest BCUT2D eigenvalue weighted by Gasteiger charge is 2.49. The van der Waals surface area contributed by atoms with Gasteiger partial charge in [-0.25, -0.2) is 9.78 Å². The molecule has 1 N–H and O–H groups in total. The zero-order chi connectivity index (χ0) is 21.2. The number of ether oxygens (including phenoxy) is 1. The first-order valence-corrected chi connectivity index (χ1v) is 10.4. The van der Waals surface area contributed by atoms with E-state index in [1.165, 1.54) is 4.90 Å². The van der Waals surface area contributed by atoms with Gasteiger partial charge in [-0.3, -0.25) is 9.58 Å². The van der Waals surface area contributed by atoms with Gasteiger partial charge < -0.3 is 14.7 Å². The molecule has 5 rings (SSSR count). The maximum atomic E-state index is 12.3. The number of aromatic nitrogens is 5. The molecule has 0 bridgehead atoms. The van der Waals surface area contributed by atoms with E-state index in [4.69, 9.17) is 9.72 Å². The van der Waals surface area contributed by atoms with Gasteiger partial charge in [0, 0.05) is 26.2 Å². The van der Waals surface area contributed by atoms with E-state index in [1.807, 2.05) is 27.0 Å². The van der Waals surface area contributed by atoms with Gasteiger partial charge in [-0.2, -0.15) is 14.7 Å². The van der Waals surface area contributed by atoms with E-state index >= 15 is 0 Å². The summed E-state index contributed by atoms with van der Waals surface area (Å²) < 4.78 is 9.41. The molecule has 3 aromatic heterocycles. The second-order valence-corrected chi connectivity index (χ2v) is 9.02. The van der Waals surface area contributed by atoms with Crippen molar-refractivity contribution >= 4 is 39.3 Å². The molecule has 158 valence electrons. The third-order valence-corrected chi connectivity index (χ3v) is 6.71. The number of hydrogen-bond acceptors (Lipinski definition) is 6. The maximum Gasteiger partial charge on any atom is 0.413 e. The third-order valence-electron chi connectivity index (χ3n) is 5.78. The molecule has 2 fully saturated rings. The topological polar surface area (TPSA) is 101 Å². The molecule has 0 saturated carbocycles. The number of aryl methyl sites for hydroxylation is 3. The first-order chi connectivity index (χ1) is 14.3. The molecule has 2 saturated heterocycles. The Morgan fingerprint density at radius 2 is 2.03 bits per heavy atom. The lowest BCUT2D eigenvalue weighted by Crippen LogP contribution is -2.66. The van der Waals surface area contributed by atoms with Gasteiger partial charge >= 0.3 is 6.09 Å². The number of rotatable bonds is 4. The highest BCUT2D eigenvalue weighted by molar-refractivity contribution is 9.10. The van der Waals surface area contributed by atoms with Crippen LogP contribution in [0.4, 0.5) is 16.4 Å². The first kappa shape index (κ1) is 19.3. The van der Waals surface area contributed by atoms with Crippen molar-refractivity contribution in [2.45, 2.75) is 20.4 Å². The summed E-state index contributed by atoms with van der Waals surface area (Å²) in [5, 5.41) is 18.9. The highest BCUT2D eigenvalue weighted by atomic mass is 79.9. The Hall–Kier alpha value is -2.66. The summed E-state index contributed by atoms with van der Waals surface area (Å²) in [4.78, 5) is 20.5. The summed E-state index contributed by atoms with van der Waals surface area (Å²) in [6.45, 7) is 7.16. The van der Waals surface area contributed by atoms with Crippen molar-refractivity contribution in [2.24, 2.45) is 12.5 Å². The van der Waals surface area contributed by atoms with Gasteiger partial charge in [-0.05, 0) is 35.8 Å². The molecule has 0 atom stereocenters. The second kappa shape index (κ2) is 6.67. The van der Waals surface area contributed by atoms with Gasteiger partial charge in [-0.15, -0.1) is 0 Å². The van der Waals surface area contributed by atoms with Crippen LogP contribution < -0.4 is 9.80 Å². The Morgan fingerprint density at radius 3 is 2.60 bits per heavy atom. The minimum Gasteiger partial charge on any atom is -0.465 e. The van der Waals surface area contributed by atoms with Crippen molar-refractivity contribution in [3.05, 3.63) is 33.7 Å². The van der Waals surface area contributed by atoms with E-state index < -0.39 is 6.09 Å². The van der Waals surface area contributed by atoms with Crippen LogP contribution in [0.2, 0.25) is 0 Å². The van der Waals surface area contributed by atoms with Crippen molar-refractivity contribution in [3.8, 4) is 0 Å². The standard InChI is InChI=1S/C19H22BrN7O3/c1-11-4-13(24(3)22-11)6-26(18(28)29)15-5-14(25-7-19(8-25)9-30-10-19)21-17-16(20)12(2)23-27(15)17/h4-5H,6-10H2,1-3H3,(H,28,29). The summed E-state index contributed by atoms with van der Waals surface area (Å²) >= 11 is 3.56. The average molecular weight is 476 g/mol. The van der Waals surface area contributed by atoms with Crippen molar-refractivity contribution in [2.75, 3.05) is 36.1 Å². The average Bonchev–Trinajstić information content (AvgIpc) is 3.08. The summed E-state index contributed by atoms with van der Waals surface area (Å²) in [5.74, 6) is 1.18. The zero-order valence-electron chi connectivity index (χ0n) is 17.0. The van der Waals surface area contributed by atoms with Crippen LogP contribution in [-0.2, 0) is 18.3 Å².